The lowest BCUT2D eigenvalue weighted by molar-refractivity contribution is -0.115. The highest BCUT2D eigenvalue weighted by Crippen LogP contribution is 2.31. The summed E-state index contributed by atoms with van der Waals surface area (Å²) in [5.41, 5.74) is 9.38. The molecule has 1 heterocycles. The Bertz CT molecular complexity index is 474. The van der Waals surface area contributed by atoms with Gasteiger partial charge in [-0.3, -0.25) is 4.79 Å². The minimum atomic E-state index is 0.0306. The summed E-state index contributed by atoms with van der Waals surface area (Å²) in [5.74, 6) is 1.98. The molecule has 0 saturated carbocycles. The van der Waals surface area contributed by atoms with Crippen LogP contribution in [0.15, 0.2) is 24.8 Å². The first kappa shape index (κ1) is 12.8. The molecule has 0 fully saturated rings. The molecule has 1 aliphatic rings. The van der Waals surface area contributed by atoms with Crippen molar-refractivity contribution >= 4 is 34.7 Å². The maximum atomic E-state index is 11.3. The fourth-order valence-electron chi connectivity index (χ4n) is 1.87. The molecular formula is C13H17N3OS. The third-order valence-electron chi connectivity index (χ3n) is 2.70. The largest absolute Gasteiger partial charge is 0.397 e. The van der Waals surface area contributed by atoms with E-state index in [4.69, 9.17) is 5.73 Å². The van der Waals surface area contributed by atoms with Gasteiger partial charge in [0.2, 0.25) is 5.91 Å². The van der Waals surface area contributed by atoms with Crippen LogP contribution in [0.3, 0.4) is 0 Å². The molecule has 0 spiro atoms. The second-order valence-corrected chi connectivity index (χ2v) is 5.26. The molecule has 18 heavy (non-hydrogen) atoms. The van der Waals surface area contributed by atoms with Gasteiger partial charge in [-0.2, -0.15) is 11.8 Å². The van der Waals surface area contributed by atoms with Crippen LogP contribution < -0.4 is 16.4 Å². The number of nitrogens with two attached hydrogens (primary N) is 1. The van der Waals surface area contributed by atoms with Crippen molar-refractivity contribution in [1.82, 2.24) is 0 Å². The van der Waals surface area contributed by atoms with E-state index in [9.17, 15) is 4.79 Å². The molecule has 2 rings (SSSR count). The molecule has 4 nitrogen and oxygen atoms in total. The number of hydrogen-bond donors (Lipinski definition) is 3. The molecule has 1 aromatic carbocycles. The Hall–Kier alpha value is -1.62. The number of hydrogen-bond acceptors (Lipinski definition) is 4. The third kappa shape index (κ3) is 2.98. The van der Waals surface area contributed by atoms with Gasteiger partial charge in [-0.15, -0.1) is 6.58 Å². The number of nitrogens with one attached hydrogen (secondary N) is 2. The van der Waals surface area contributed by atoms with Crippen molar-refractivity contribution in [2.24, 2.45) is 0 Å². The Balaban J connectivity index is 1.95. The fraction of sp³-hybridized carbons (Fsp3) is 0.308. The minimum Gasteiger partial charge on any atom is -0.397 e. The Morgan fingerprint density at radius 2 is 2.39 bits per heavy atom. The quantitative estimate of drug-likeness (QED) is 0.418. The Labute approximate surface area is 111 Å². The van der Waals surface area contributed by atoms with Gasteiger partial charge in [0.1, 0.15) is 0 Å². The zero-order valence-corrected chi connectivity index (χ0v) is 11.0. The molecule has 0 atom stereocenters. The van der Waals surface area contributed by atoms with E-state index in [0.717, 1.165) is 35.0 Å². The van der Waals surface area contributed by atoms with Gasteiger partial charge in [-0.05, 0) is 17.7 Å². The van der Waals surface area contributed by atoms with Crippen molar-refractivity contribution in [2.75, 3.05) is 34.4 Å². The number of carbonyl (C=O) groups excluding carboxylic acids is 1. The maximum Gasteiger partial charge on any atom is 0.228 e. The highest BCUT2D eigenvalue weighted by molar-refractivity contribution is 7.99. The first-order valence-electron chi connectivity index (χ1n) is 5.85. The van der Waals surface area contributed by atoms with E-state index >= 15 is 0 Å². The van der Waals surface area contributed by atoms with Crippen molar-refractivity contribution < 1.29 is 4.79 Å². The zero-order valence-electron chi connectivity index (χ0n) is 10.2. The molecule has 4 N–H and O–H groups in total. The molecule has 0 unspecified atom stereocenters. The predicted molar refractivity (Wildman–Crippen MR) is 79.2 cm³/mol. The van der Waals surface area contributed by atoms with Gasteiger partial charge in [-0.1, -0.05) is 6.08 Å². The summed E-state index contributed by atoms with van der Waals surface area (Å²) in [7, 11) is 0. The summed E-state index contributed by atoms with van der Waals surface area (Å²) in [6, 6.07) is 3.78. The summed E-state index contributed by atoms with van der Waals surface area (Å²) < 4.78 is 0. The zero-order chi connectivity index (χ0) is 13.0. The molecule has 0 saturated heterocycles. The fourth-order valence-corrected chi connectivity index (χ4v) is 2.45. The number of anilines is 3. The summed E-state index contributed by atoms with van der Waals surface area (Å²) in [6.45, 7) is 4.52. The summed E-state index contributed by atoms with van der Waals surface area (Å²) >= 11 is 1.81. The van der Waals surface area contributed by atoms with Crippen LogP contribution in [0.2, 0.25) is 0 Å². The SMILES string of the molecule is C=CCSCCNc1cc2c(cc1N)CC(=O)N2. The van der Waals surface area contributed by atoms with Crippen LogP contribution in [0.4, 0.5) is 17.1 Å². The summed E-state index contributed by atoms with van der Waals surface area (Å²) in [6.07, 6.45) is 2.32. The van der Waals surface area contributed by atoms with Gasteiger partial charge in [0.15, 0.2) is 0 Å². The van der Waals surface area contributed by atoms with Crippen LogP contribution in [0.1, 0.15) is 5.56 Å². The maximum absolute atomic E-state index is 11.3. The number of carbonyl (C=O) groups is 1. The monoisotopic (exact) mass is 263 g/mol. The van der Waals surface area contributed by atoms with Crippen molar-refractivity contribution in [2.45, 2.75) is 6.42 Å². The smallest absolute Gasteiger partial charge is 0.228 e. The van der Waals surface area contributed by atoms with Gasteiger partial charge in [0.05, 0.1) is 17.8 Å². The van der Waals surface area contributed by atoms with Crippen LogP contribution in [0.5, 0.6) is 0 Å². The Kier molecular flexibility index (Phi) is 4.15. The van der Waals surface area contributed by atoms with Crippen LogP contribution in [0.25, 0.3) is 0 Å². The number of thioether (sulfide) groups is 1. The molecular weight excluding hydrogens is 246 g/mol. The second kappa shape index (κ2) is 5.82. The molecule has 1 aliphatic heterocycles. The average molecular weight is 263 g/mol. The first-order chi connectivity index (χ1) is 8.70. The van der Waals surface area contributed by atoms with Gasteiger partial charge in [-0.25, -0.2) is 0 Å². The lowest BCUT2D eigenvalue weighted by Gasteiger charge is -2.11. The van der Waals surface area contributed by atoms with Crippen molar-refractivity contribution in [1.29, 1.82) is 0 Å². The molecule has 0 aromatic heterocycles. The van der Waals surface area contributed by atoms with Gasteiger partial charge < -0.3 is 16.4 Å². The number of amides is 1. The van der Waals surface area contributed by atoms with E-state index in [0.29, 0.717) is 12.1 Å². The van der Waals surface area contributed by atoms with Crippen LogP contribution in [-0.2, 0) is 11.2 Å². The van der Waals surface area contributed by atoms with E-state index in [-0.39, 0.29) is 5.91 Å². The number of fused-ring (bicyclic) bond motifs is 1. The van der Waals surface area contributed by atoms with E-state index in [2.05, 4.69) is 17.2 Å². The molecule has 96 valence electrons. The standard InChI is InChI=1S/C13H17N3OS/c1-2-4-18-5-3-15-12-8-11-9(6-10(12)14)7-13(17)16-11/h2,6,8,15H,1,3-5,7,14H2,(H,16,17). The lowest BCUT2D eigenvalue weighted by atomic mass is 10.1. The second-order valence-electron chi connectivity index (χ2n) is 4.11. The molecule has 0 radical (unpaired) electrons. The van der Waals surface area contributed by atoms with Gasteiger partial charge in [0.25, 0.3) is 0 Å². The topological polar surface area (TPSA) is 67.1 Å². The van der Waals surface area contributed by atoms with E-state index in [1.54, 1.807) is 0 Å². The minimum absolute atomic E-state index is 0.0306. The van der Waals surface area contributed by atoms with Gasteiger partial charge in [0, 0.05) is 23.7 Å². The van der Waals surface area contributed by atoms with Crippen LogP contribution >= 0.6 is 11.8 Å². The Morgan fingerprint density at radius 3 is 3.17 bits per heavy atom. The molecule has 5 heteroatoms. The molecule has 0 aliphatic carbocycles. The number of rotatable bonds is 6. The van der Waals surface area contributed by atoms with Crippen LogP contribution in [0, 0.1) is 0 Å². The third-order valence-corrected chi connectivity index (χ3v) is 3.66. The Morgan fingerprint density at radius 1 is 1.56 bits per heavy atom. The molecule has 1 aromatic rings. The highest BCUT2D eigenvalue weighted by atomic mass is 32.2. The van der Waals surface area contributed by atoms with E-state index in [1.165, 1.54) is 0 Å². The number of nitrogen functional groups attached to an aromatic ring is 1. The normalized spacial score (nSPS) is 13.0. The first-order valence-corrected chi connectivity index (χ1v) is 7.01. The van der Waals surface area contributed by atoms with Crippen molar-refractivity contribution in [3.05, 3.63) is 30.4 Å². The predicted octanol–water partition coefficient (Wildman–Crippen LogP) is 2.09. The van der Waals surface area contributed by atoms with Crippen molar-refractivity contribution in [3.8, 4) is 0 Å². The van der Waals surface area contributed by atoms with E-state index in [1.807, 2.05) is 30.0 Å². The summed E-state index contributed by atoms with van der Waals surface area (Å²) in [5, 5.41) is 6.11. The lowest BCUT2D eigenvalue weighted by Crippen LogP contribution is -2.07. The van der Waals surface area contributed by atoms with Crippen molar-refractivity contribution in [3.63, 3.8) is 0 Å². The van der Waals surface area contributed by atoms with Gasteiger partial charge >= 0.3 is 0 Å². The summed E-state index contributed by atoms with van der Waals surface area (Å²) in [4.78, 5) is 11.3. The average Bonchev–Trinajstić information content (AvgIpc) is 2.68. The number of benzene rings is 1. The molecule has 0 bridgehead atoms. The highest BCUT2D eigenvalue weighted by Gasteiger charge is 2.18. The van der Waals surface area contributed by atoms with E-state index < -0.39 is 0 Å². The molecule has 1 amide bonds. The van der Waals surface area contributed by atoms with Crippen LogP contribution in [-0.4, -0.2) is 24.0 Å².